The molecule has 0 atom stereocenters. The summed E-state index contributed by atoms with van der Waals surface area (Å²) < 4.78 is 12.7. The number of para-hydroxylation sites is 2. The van der Waals surface area contributed by atoms with Gasteiger partial charge in [-0.25, -0.2) is 0 Å². The number of anilines is 2. The molecule has 0 N–H and O–H groups in total. The zero-order valence-corrected chi connectivity index (χ0v) is 23.9. The molecule has 0 aromatic heterocycles. The van der Waals surface area contributed by atoms with E-state index in [1.165, 1.54) is 9.80 Å². The third-order valence-corrected chi connectivity index (χ3v) is 7.17. The minimum Gasteiger partial charge on any atom is -0.493 e. The van der Waals surface area contributed by atoms with Crippen LogP contribution < -0.4 is 19.3 Å². The van der Waals surface area contributed by atoms with Crippen molar-refractivity contribution in [1.82, 2.24) is 0 Å². The Kier molecular flexibility index (Phi) is 8.04. The predicted octanol–water partition coefficient (Wildman–Crippen LogP) is 6.63. The Morgan fingerprint density at radius 2 is 1.33 bits per heavy atom. The number of amides is 2. The van der Waals surface area contributed by atoms with Crippen molar-refractivity contribution >= 4 is 69.2 Å². The van der Waals surface area contributed by atoms with Crippen LogP contribution in [0.5, 0.6) is 11.5 Å². The zero-order valence-electron chi connectivity index (χ0n) is 20.9. The fraction of sp³-hybridized carbons (Fsp3) is 0.0645. The lowest BCUT2D eigenvalue weighted by atomic mass is 10.0. The van der Waals surface area contributed by atoms with Crippen LogP contribution >= 0.6 is 34.8 Å². The molecule has 194 valence electrons. The molecule has 0 aliphatic carbocycles. The molecule has 2 amide bonds. The number of ether oxygens (including phenoxy) is 2. The van der Waals surface area contributed by atoms with Crippen molar-refractivity contribution in [2.45, 2.75) is 6.61 Å². The summed E-state index contributed by atoms with van der Waals surface area (Å²) in [6.45, 7) is 0.375. The van der Waals surface area contributed by atoms with Crippen molar-refractivity contribution < 1.29 is 19.1 Å². The van der Waals surface area contributed by atoms with Gasteiger partial charge in [0, 0.05) is 3.57 Å². The van der Waals surface area contributed by atoms with Gasteiger partial charge in [-0.2, -0.15) is 0 Å². The van der Waals surface area contributed by atoms with Crippen LogP contribution in [0.3, 0.4) is 0 Å². The largest absolute Gasteiger partial charge is 0.493 e. The highest BCUT2D eigenvalue weighted by molar-refractivity contribution is 14.1. The maximum Gasteiger partial charge on any atom is 0.270 e. The van der Waals surface area contributed by atoms with Crippen LogP contribution in [-0.2, 0) is 16.2 Å². The van der Waals surface area contributed by atoms with Crippen LogP contribution in [0, 0.1) is 3.57 Å². The van der Waals surface area contributed by atoms with Crippen molar-refractivity contribution in [3.05, 3.63) is 123 Å². The molecule has 1 aliphatic rings. The van der Waals surface area contributed by atoms with Gasteiger partial charge in [0.05, 0.1) is 18.5 Å². The summed E-state index contributed by atoms with van der Waals surface area (Å²) >= 11 is 7.92. The predicted molar refractivity (Wildman–Crippen MR) is 165 cm³/mol. The van der Waals surface area contributed by atoms with Crippen LogP contribution in [0.1, 0.15) is 11.1 Å². The quantitative estimate of drug-likeness (QED) is 0.0978. The Labute approximate surface area is 245 Å². The second-order valence-corrected chi connectivity index (χ2v) is 10.2. The van der Waals surface area contributed by atoms with E-state index in [9.17, 15) is 9.59 Å². The summed E-state index contributed by atoms with van der Waals surface area (Å²) in [6, 6.07) is 31.5. The van der Waals surface area contributed by atoms with Crippen molar-refractivity contribution in [2.24, 2.45) is 0 Å². The second-order valence-electron chi connectivity index (χ2n) is 8.62. The lowest BCUT2D eigenvalue weighted by Gasteiger charge is -2.36. The molecule has 0 saturated carbocycles. The van der Waals surface area contributed by atoms with Gasteiger partial charge in [0.15, 0.2) is 16.6 Å². The minimum atomic E-state index is -0.499. The fourth-order valence-electron chi connectivity index (χ4n) is 4.14. The Hall–Kier alpha value is -4.02. The molecule has 39 heavy (non-hydrogen) atoms. The summed E-state index contributed by atoms with van der Waals surface area (Å²) in [5.74, 6) is 0.0428. The molecule has 0 unspecified atom stereocenters. The van der Waals surface area contributed by atoms with Crippen LogP contribution in [0.4, 0.5) is 11.4 Å². The topological polar surface area (TPSA) is 59.1 Å². The molecule has 1 saturated heterocycles. The summed E-state index contributed by atoms with van der Waals surface area (Å²) in [4.78, 5) is 30.2. The van der Waals surface area contributed by atoms with E-state index in [-0.39, 0.29) is 10.7 Å². The molecule has 4 aromatic rings. The minimum absolute atomic E-state index is 0.0223. The van der Waals surface area contributed by atoms with E-state index in [2.05, 4.69) is 22.6 Å². The van der Waals surface area contributed by atoms with Crippen molar-refractivity contribution in [3.63, 3.8) is 0 Å². The van der Waals surface area contributed by atoms with Gasteiger partial charge in [0.1, 0.15) is 12.2 Å². The number of thiocarbonyl (C=S) groups is 1. The van der Waals surface area contributed by atoms with E-state index >= 15 is 0 Å². The maximum absolute atomic E-state index is 13.7. The molecule has 8 heteroatoms. The molecule has 0 bridgehead atoms. The van der Waals surface area contributed by atoms with E-state index in [4.69, 9.17) is 21.7 Å². The van der Waals surface area contributed by atoms with E-state index < -0.39 is 11.8 Å². The number of carbonyl (C=O) groups excluding carboxylic acids is 2. The Morgan fingerprint density at radius 1 is 0.769 bits per heavy atom. The van der Waals surface area contributed by atoms with Gasteiger partial charge in [-0.15, -0.1) is 0 Å². The van der Waals surface area contributed by atoms with Gasteiger partial charge in [-0.05, 0) is 101 Å². The fourth-order valence-corrected chi connectivity index (χ4v) is 4.88. The number of rotatable bonds is 7. The van der Waals surface area contributed by atoms with Crippen LogP contribution in [-0.4, -0.2) is 24.0 Å². The molecule has 1 heterocycles. The molecular weight excluding hydrogens is 623 g/mol. The number of halogens is 1. The van der Waals surface area contributed by atoms with E-state index in [1.54, 1.807) is 55.7 Å². The molecule has 1 aliphatic heterocycles. The van der Waals surface area contributed by atoms with E-state index in [1.807, 2.05) is 60.7 Å². The lowest BCUT2D eigenvalue weighted by Crippen LogP contribution is -2.56. The molecule has 0 spiro atoms. The third-order valence-electron chi connectivity index (χ3n) is 6.08. The standard InChI is InChI=1S/C31H23IN2O4S/c1-37-28-19-22(14-17-27(28)38-20-21-12-15-23(32)16-13-21)18-26-29(35)33(24-8-4-2-5-9-24)31(39)34(30(26)36)25-10-6-3-7-11-25/h2-19H,20H2,1H3. The first kappa shape index (κ1) is 26.6. The molecule has 6 nitrogen and oxygen atoms in total. The van der Waals surface area contributed by atoms with Crippen molar-refractivity contribution in [1.29, 1.82) is 0 Å². The van der Waals surface area contributed by atoms with Gasteiger partial charge < -0.3 is 9.47 Å². The van der Waals surface area contributed by atoms with Gasteiger partial charge in [0.2, 0.25) is 0 Å². The average Bonchev–Trinajstić information content (AvgIpc) is 2.96. The monoisotopic (exact) mass is 646 g/mol. The van der Waals surface area contributed by atoms with Crippen molar-refractivity contribution in [2.75, 3.05) is 16.9 Å². The highest BCUT2D eigenvalue weighted by atomic mass is 127. The normalized spacial score (nSPS) is 13.5. The molecule has 5 rings (SSSR count). The number of nitrogens with zero attached hydrogens (tertiary/aromatic N) is 2. The zero-order chi connectivity index (χ0) is 27.4. The SMILES string of the molecule is COc1cc(C=C2C(=O)N(c3ccccc3)C(=S)N(c3ccccc3)C2=O)ccc1OCc1ccc(I)cc1. The summed E-state index contributed by atoms with van der Waals surface area (Å²) in [5.41, 5.74) is 2.76. The lowest BCUT2D eigenvalue weighted by molar-refractivity contribution is -0.120. The maximum atomic E-state index is 13.7. The molecular formula is C31H23IN2O4S. The van der Waals surface area contributed by atoms with Gasteiger partial charge in [-0.1, -0.05) is 54.6 Å². The van der Waals surface area contributed by atoms with Gasteiger partial charge >= 0.3 is 0 Å². The first-order valence-electron chi connectivity index (χ1n) is 12.1. The first-order chi connectivity index (χ1) is 19.0. The molecule has 4 aromatic carbocycles. The number of methoxy groups -OCH3 is 1. The van der Waals surface area contributed by atoms with Crippen LogP contribution in [0.15, 0.2) is 109 Å². The Balaban J connectivity index is 1.50. The third kappa shape index (κ3) is 5.71. The number of hydrogen-bond donors (Lipinski definition) is 0. The van der Waals surface area contributed by atoms with Gasteiger partial charge in [-0.3, -0.25) is 19.4 Å². The van der Waals surface area contributed by atoms with Crippen molar-refractivity contribution in [3.8, 4) is 11.5 Å². The van der Waals surface area contributed by atoms with Gasteiger partial charge in [0.25, 0.3) is 11.8 Å². The number of hydrogen-bond acceptors (Lipinski definition) is 5. The van der Waals surface area contributed by atoms with Crippen LogP contribution in [0.25, 0.3) is 6.08 Å². The number of benzene rings is 4. The Bertz CT molecular complexity index is 1490. The average molecular weight is 647 g/mol. The molecule has 0 radical (unpaired) electrons. The summed E-state index contributed by atoms with van der Waals surface area (Å²) in [6.07, 6.45) is 1.56. The highest BCUT2D eigenvalue weighted by Crippen LogP contribution is 2.33. The first-order valence-corrected chi connectivity index (χ1v) is 13.5. The van der Waals surface area contributed by atoms with E-state index in [0.717, 1.165) is 9.13 Å². The molecule has 1 fully saturated rings. The second kappa shape index (κ2) is 11.8. The van der Waals surface area contributed by atoms with Crippen LogP contribution in [0.2, 0.25) is 0 Å². The Morgan fingerprint density at radius 3 is 1.87 bits per heavy atom. The van der Waals surface area contributed by atoms with E-state index in [0.29, 0.717) is 35.0 Å². The summed E-state index contributed by atoms with van der Waals surface area (Å²) in [5, 5.41) is 0.0940. The highest BCUT2D eigenvalue weighted by Gasteiger charge is 2.41. The smallest absolute Gasteiger partial charge is 0.270 e. The number of carbonyl (C=O) groups is 2. The summed E-state index contributed by atoms with van der Waals surface area (Å²) in [7, 11) is 1.55.